The van der Waals surface area contributed by atoms with Crippen LogP contribution in [0.15, 0.2) is 91.0 Å². The predicted octanol–water partition coefficient (Wildman–Crippen LogP) is 4.73. The molecule has 1 aliphatic heterocycles. The summed E-state index contributed by atoms with van der Waals surface area (Å²) in [6, 6.07) is 28.4. The van der Waals surface area contributed by atoms with Crippen LogP contribution in [0.3, 0.4) is 0 Å². The zero-order valence-corrected chi connectivity index (χ0v) is 24.2. The second-order valence-corrected chi connectivity index (χ2v) is 11.4. The molecule has 0 spiro atoms. The first-order valence-electron chi connectivity index (χ1n) is 14.6. The molecule has 0 unspecified atom stereocenters. The first-order valence-corrected chi connectivity index (χ1v) is 14.6. The summed E-state index contributed by atoms with van der Waals surface area (Å²) in [4.78, 5) is 28.6. The standard InChI is InChI=1S/C34H43N3O4/c1-26(2)31(36-33(39)41-25-29-16-10-5-11-17-29)32(38)35-30(24-28-14-8-4-9-15-28)34(40)19-22-37(23-20-34)21-18-27-12-6-3-7-13-27/h3-17,26,30-31,40H,18-25H2,1-2H3,(H,35,38)(H,36,39)/t30-,31-/m0/s1. The van der Waals surface area contributed by atoms with Crippen LogP contribution in [0.1, 0.15) is 43.4 Å². The van der Waals surface area contributed by atoms with Gasteiger partial charge in [-0.3, -0.25) is 4.79 Å². The van der Waals surface area contributed by atoms with E-state index in [0.717, 1.165) is 37.2 Å². The van der Waals surface area contributed by atoms with Crippen molar-refractivity contribution < 1.29 is 19.4 Å². The van der Waals surface area contributed by atoms with Crippen LogP contribution in [-0.4, -0.2) is 59.3 Å². The second-order valence-electron chi connectivity index (χ2n) is 11.4. The summed E-state index contributed by atoms with van der Waals surface area (Å²) >= 11 is 0. The van der Waals surface area contributed by atoms with Crippen molar-refractivity contribution in [3.63, 3.8) is 0 Å². The third-order valence-corrected chi connectivity index (χ3v) is 7.96. The van der Waals surface area contributed by atoms with Crippen molar-refractivity contribution in [2.75, 3.05) is 19.6 Å². The molecule has 0 saturated carbocycles. The van der Waals surface area contributed by atoms with Gasteiger partial charge >= 0.3 is 6.09 Å². The number of hydrogen-bond donors (Lipinski definition) is 3. The lowest BCUT2D eigenvalue weighted by Crippen LogP contribution is -2.61. The van der Waals surface area contributed by atoms with Crippen LogP contribution in [-0.2, 0) is 29.0 Å². The van der Waals surface area contributed by atoms with Crippen LogP contribution in [0, 0.1) is 5.92 Å². The summed E-state index contributed by atoms with van der Waals surface area (Å²) in [5.74, 6) is -0.497. The van der Waals surface area contributed by atoms with Gasteiger partial charge in [-0.2, -0.15) is 0 Å². The van der Waals surface area contributed by atoms with Crippen LogP contribution in [0.25, 0.3) is 0 Å². The van der Waals surface area contributed by atoms with Gasteiger partial charge in [0.1, 0.15) is 12.6 Å². The largest absolute Gasteiger partial charge is 0.445 e. The SMILES string of the molecule is CC(C)[C@H](NC(=O)OCc1ccccc1)C(=O)N[C@@H](Cc1ccccc1)C1(O)CCN(CCc2ccccc2)CC1. The minimum absolute atomic E-state index is 0.121. The van der Waals surface area contributed by atoms with Gasteiger partial charge in [0, 0.05) is 19.6 Å². The molecule has 1 heterocycles. The fraction of sp³-hybridized carbons (Fsp3) is 0.412. The monoisotopic (exact) mass is 557 g/mol. The van der Waals surface area contributed by atoms with E-state index < -0.39 is 23.8 Å². The average Bonchev–Trinajstić information content (AvgIpc) is 2.99. The summed E-state index contributed by atoms with van der Waals surface area (Å²) < 4.78 is 5.38. The number of piperidine rings is 1. The van der Waals surface area contributed by atoms with E-state index in [0.29, 0.717) is 19.3 Å². The highest BCUT2D eigenvalue weighted by atomic mass is 16.5. The van der Waals surface area contributed by atoms with Crippen molar-refractivity contribution in [2.45, 2.75) is 63.8 Å². The van der Waals surface area contributed by atoms with Gasteiger partial charge in [-0.1, -0.05) is 105 Å². The van der Waals surface area contributed by atoms with Crippen LogP contribution in [0.4, 0.5) is 4.79 Å². The number of likely N-dealkylation sites (tertiary alicyclic amines) is 1. The number of hydrogen-bond acceptors (Lipinski definition) is 5. The Hall–Kier alpha value is -3.68. The summed E-state index contributed by atoms with van der Waals surface area (Å²) in [6.07, 6.45) is 1.92. The summed E-state index contributed by atoms with van der Waals surface area (Å²) in [5.41, 5.74) is 2.14. The normalized spacial score (nSPS) is 16.5. The number of nitrogens with one attached hydrogen (secondary N) is 2. The van der Waals surface area contributed by atoms with Gasteiger partial charge < -0.3 is 25.4 Å². The molecule has 2 atom stereocenters. The molecule has 0 aliphatic carbocycles. The highest BCUT2D eigenvalue weighted by Crippen LogP contribution is 2.28. The lowest BCUT2D eigenvalue weighted by molar-refractivity contribution is -0.128. The van der Waals surface area contributed by atoms with Crippen molar-refractivity contribution in [1.82, 2.24) is 15.5 Å². The minimum Gasteiger partial charge on any atom is -0.445 e. The van der Waals surface area contributed by atoms with Gasteiger partial charge in [-0.25, -0.2) is 4.79 Å². The van der Waals surface area contributed by atoms with Crippen LogP contribution in [0.2, 0.25) is 0 Å². The van der Waals surface area contributed by atoms with Crippen LogP contribution in [0.5, 0.6) is 0 Å². The zero-order chi connectivity index (χ0) is 29.1. The molecule has 0 bridgehead atoms. The lowest BCUT2D eigenvalue weighted by Gasteiger charge is -2.43. The maximum Gasteiger partial charge on any atom is 0.408 e. The minimum atomic E-state index is -1.07. The van der Waals surface area contributed by atoms with Gasteiger partial charge in [-0.15, -0.1) is 0 Å². The van der Waals surface area contributed by atoms with E-state index in [9.17, 15) is 14.7 Å². The Bertz CT molecular complexity index is 1210. The molecule has 3 aromatic carbocycles. The average molecular weight is 558 g/mol. The van der Waals surface area contributed by atoms with Gasteiger partial charge in [0.2, 0.25) is 5.91 Å². The third-order valence-electron chi connectivity index (χ3n) is 7.96. The fourth-order valence-electron chi connectivity index (χ4n) is 5.36. The summed E-state index contributed by atoms with van der Waals surface area (Å²) in [7, 11) is 0. The number of ether oxygens (including phenoxy) is 1. The quantitative estimate of drug-likeness (QED) is 0.300. The van der Waals surface area contributed by atoms with E-state index in [-0.39, 0.29) is 18.4 Å². The summed E-state index contributed by atoms with van der Waals surface area (Å²) in [6.45, 7) is 6.32. The topological polar surface area (TPSA) is 90.9 Å². The Morgan fingerprint density at radius 2 is 1.37 bits per heavy atom. The first-order chi connectivity index (χ1) is 19.8. The molecule has 1 aliphatic rings. The predicted molar refractivity (Wildman–Crippen MR) is 161 cm³/mol. The molecule has 2 amide bonds. The van der Waals surface area contributed by atoms with E-state index in [1.165, 1.54) is 5.56 Å². The molecule has 1 fully saturated rings. The zero-order valence-electron chi connectivity index (χ0n) is 24.2. The molecule has 7 nitrogen and oxygen atoms in total. The highest BCUT2D eigenvalue weighted by molar-refractivity contribution is 5.86. The summed E-state index contributed by atoms with van der Waals surface area (Å²) in [5, 5.41) is 17.8. The van der Waals surface area contributed by atoms with E-state index in [1.807, 2.05) is 80.6 Å². The smallest absolute Gasteiger partial charge is 0.408 e. The van der Waals surface area contributed by atoms with Crippen LogP contribution >= 0.6 is 0 Å². The number of carbonyl (C=O) groups excluding carboxylic acids is 2. The van der Waals surface area contributed by atoms with Gasteiger partial charge in [-0.05, 0) is 48.3 Å². The molecule has 0 aromatic heterocycles. The maximum absolute atomic E-state index is 13.6. The molecule has 1 saturated heterocycles. The second kappa shape index (κ2) is 14.8. The Morgan fingerprint density at radius 1 is 0.829 bits per heavy atom. The number of aliphatic hydroxyl groups is 1. The Balaban J connectivity index is 1.39. The molecular formula is C34H43N3O4. The lowest BCUT2D eigenvalue weighted by atomic mass is 9.81. The van der Waals surface area contributed by atoms with Gasteiger partial charge in [0.05, 0.1) is 11.6 Å². The fourth-order valence-corrected chi connectivity index (χ4v) is 5.36. The first kappa shape index (κ1) is 30.3. The molecule has 3 aromatic rings. The molecule has 7 heteroatoms. The van der Waals surface area contributed by atoms with E-state index >= 15 is 0 Å². The van der Waals surface area contributed by atoms with E-state index in [1.54, 1.807) is 0 Å². The van der Waals surface area contributed by atoms with Gasteiger partial charge in [0.25, 0.3) is 0 Å². The van der Waals surface area contributed by atoms with Crippen LogP contribution < -0.4 is 10.6 Å². The highest BCUT2D eigenvalue weighted by Gasteiger charge is 2.41. The number of alkyl carbamates (subject to hydrolysis) is 1. The van der Waals surface area contributed by atoms with E-state index in [2.05, 4.69) is 39.8 Å². The molecule has 41 heavy (non-hydrogen) atoms. The number of rotatable bonds is 12. The number of nitrogens with zero attached hydrogens (tertiary/aromatic N) is 1. The molecule has 4 rings (SSSR count). The Kier molecular flexibility index (Phi) is 10.9. The van der Waals surface area contributed by atoms with Gasteiger partial charge in [0.15, 0.2) is 0 Å². The maximum atomic E-state index is 13.6. The number of carbonyl (C=O) groups is 2. The number of amides is 2. The van der Waals surface area contributed by atoms with Crippen molar-refractivity contribution >= 4 is 12.0 Å². The van der Waals surface area contributed by atoms with Crippen molar-refractivity contribution in [1.29, 1.82) is 0 Å². The third kappa shape index (κ3) is 9.17. The van der Waals surface area contributed by atoms with Crippen molar-refractivity contribution in [2.24, 2.45) is 5.92 Å². The van der Waals surface area contributed by atoms with Crippen molar-refractivity contribution in [3.05, 3.63) is 108 Å². The Labute approximate surface area is 243 Å². The molecular weight excluding hydrogens is 514 g/mol. The van der Waals surface area contributed by atoms with E-state index in [4.69, 9.17) is 4.74 Å². The molecule has 3 N–H and O–H groups in total. The molecule has 218 valence electrons. The molecule has 0 radical (unpaired) electrons. The van der Waals surface area contributed by atoms with Crippen molar-refractivity contribution in [3.8, 4) is 0 Å². The Morgan fingerprint density at radius 3 is 1.93 bits per heavy atom. The number of benzene rings is 3.